The largest absolute Gasteiger partial charge is 0.497 e. The number of amides is 1. The van der Waals surface area contributed by atoms with Gasteiger partial charge in [-0.3, -0.25) is 9.36 Å². The Kier molecular flexibility index (Phi) is 5.17. The summed E-state index contributed by atoms with van der Waals surface area (Å²) in [5.74, 6) is 1.34. The minimum absolute atomic E-state index is 0.176. The molecule has 0 saturated carbocycles. The lowest BCUT2D eigenvalue weighted by Crippen LogP contribution is -2.36. The number of thioether (sulfide) groups is 1. The van der Waals surface area contributed by atoms with Crippen LogP contribution in [0, 0.1) is 0 Å². The van der Waals surface area contributed by atoms with Gasteiger partial charge < -0.3 is 9.64 Å². The molecule has 6 nitrogen and oxygen atoms in total. The Balaban J connectivity index is 1.67. The van der Waals surface area contributed by atoms with Crippen molar-refractivity contribution in [3.8, 4) is 11.4 Å². The summed E-state index contributed by atoms with van der Waals surface area (Å²) in [7, 11) is 1.64. The molecule has 2 heterocycles. The Labute approximate surface area is 139 Å². The molecule has 1 saturated heterocycles. The summed E-state index contributed by atoms with van der Waals surface area (Å²) in [6, 6.07) is 7.68. The number of hydrogen-bond acceptors (Lipinski definition) is 5. The maximum absolute atomic E-state index is 12.3. The van der Waals surface area contributed by atoms with Crippen molar-refractivity contribution in [3.63, 3.8) is 0 Å². The molecule has 0 spiro atoms. The summed E-state index contributed by atoms with van der Waals surface area (Å²) in [5.41, 5.74) is 0.919. The third-order valence-electron chi connectivity index (χ3n) is 3.88. The molecule has 1 amide bonds. The molecular weight excluding hydrogens is 312 g/mol. The van der Waals surface area contributed by atoms with Crippen molar-refractivity contribution in [1.82, 2.24) is 19.7 Å². The van der Waals surface area contributed by atoms with E-state index in [0.717, 1.165) is 37.4 Å². The normalized spacial score (nSPS) is 14.7. The summed E-state index contributed by atoms with van der Waals surface area (Å²) in [6.45, 7) is 1.75. The average molecular weight is 332 g/mol. The molecule has 1 aromatic heterocycles. The topological polar surface area (TPSA) is 60.2 Å². The van der Waals surface area contributed by atoms with Crippen LogP contribution in [0.4, 0.5) is 0 Å². The van der Waals surface area contributed by atoms with E-state index in [0.29, 0.717) is 10.9 Å². The highest BCUT2D eigenvalue weighted by Gasteiger charge is 2.18. The predicted octanol–water partition coefficient (Wildman–Crippen LogP) is 2.38. The number of aromatic nitrogens is 3. The number of hydrogen-bond donors (Lipinski definition) is 0. The molecule has 0 N–H and O–H groups in total. The standard InChI is InChI=1S/C16H20N4O2S/c1-22-14-7-5-6-13(10-14)20-12-17-18-16(20)23-11-15(21)19-8-3-2-4-9-19/h5-7,10,12H,2-4,8-9,11H2,1H3. The summed E-state index contributed by atoms with van der Waals surface area (Å²) in [6.07, 6.45) is 5.09. The first-order valence-electron chi connectivity index (χ1n) is 7.73. The van der Waals surface area contributed by atoms with Gasteiger partial charge in [0.05, 0.1) is 18.6 Å². The number of ether oxygens (including phenoxy) is 1. The van der Waals surface area contributed by atoms with E-state index in [9.17, 15) is 4.79 Å². The lowest BCUT2D eigenvalue weighted by Gasteiger charge is -2.26. The average Bonchev–Trinajstić information content (AvgIpc) is 3.09. The monoisotopic (exact) mass is 332 g/mol. The van der Waals surface area contributed by atoms with Gasteiger partial charge in [0.2, 0.25) is 5.91 Å². The van der Waals surface area contributed by atoms with Crippen LogP contribution in [-0.4, -0.2) is 51.5 Å². The minimum Gasteiger partial charge on any atom is -0.497 e. The Morgan fingerprint density at radius 3 is 2.91 bits per heavy atom. The number of carbonyl (C=O) groups excluding carboxylic acids is 1. The van der Waals surface area contributed by atoms with Crippen molar-refractivity contribution in [3.05, 3.63) is 30.6 Å². The smallest absolute Gasteiger partial charge is 0.233 e. The maximum atomic E-state index is 12.3. The highest BCUT2D eigenvalue weighted by molar-refractivity contribution is 7.99. The molecule has 1 aliphatic rings. The van der Waals surface area contributed by atoms with E-state index < -0.39 is 0 Å². The van der Waals surface area contributed by atoms with Gasteiger partial charge in [0.25, 0.3) is 0 Å². The first-order chi connectivity index (χ1) is 11.3. The Bertz CT molecular complexity index is 668. The van der Waals surface area contributed by atoms with Crippen LogP contribution in [0.15, 0.2) is 35.7 Å². The van der Waals surface area contributed by atoms with Gasteiger partial charge >= 0.3 is 0 Å². The van der Waals surface area contributed by atoms with Crippen molar-refractivity contribution in [2.45, 2.75) is 24.4 Å². The van der Waals surface area contributed by atoms with Gasteiger partial charge in [-0.25, -0.2) is 0 Å². The fourth-order valence-electron chi connectivity index (χ4n) is 2.62. The zero-order valence-electron chi connectivity index (χ0n) is 13.1. The molecule has 0 bridgehead atoms. The molecule has 7 heteroatoms. The highest BCUT2D eigenvalue weighted by Crippen LogP contribution is 2.23. The van der Waals surface area contributed by atoms with Crippen LogP contribution < -0.4 is 4.74 Å². The Morgan fingerprint density at radius 2 is 2.13 bits per heavy atom. The van der Waals surface area contributed by atoms with E-state index in [-0.39, 0.29) is 5.91 Å². The third kappa shape index (κ3) is 3.85. The fourth-order valence-corrected chi connectivity index (χ4v) is 3.45. The number of piperidine rings is 1. The molecule has 3 rings (SSSR count). The minimum atomic E-state index is 0.176. The lowest BCUT2D eigenvalue weighted by molar-refractivity contribution is -0.129. The molecule has 23 heavy (non-hydrogen) atoms. The SMILES string of the molecule is COc1cccc(-n2cnnc2SCC(=O)N2CCCCC2)c1. The maximum Gasteiger partial charge on any atom is 0.233 e. The summed E-state index contributed by atoms with van der Waals surface area (Å²) in [4.78, 5) is 14.2. The van der Waals surface area contributed by atoms with Crippen molar-refractivity contribution in [2.75, 3.05) is 26.0 Å². The third-order valence-corrected chi connectivity index (χ3v) is 4.81. The Morgan fingerprint density at radius 1 is 1.30 bits per heavy atom. The van der Waals surface area contributed by atoms with Crippen molar-refractivity contribution in [2.24, 2.45) is 0 Å². The van der Waals surface area contributed by atoms with Gasteiger partial charge in [0.15, 0.2) is 5.16 Å². The second kappa shape index (κ2) is 7.50. The zero-order chi connectivity index (χ0) is 16.1. The zero-order valence-corrected chi connectivity index (χ0v) is 14.0. The first kappa shape index (κ1) is 15.9. The second-order valence-electron chi connectivity index (χ2n) is 5.42. The van der Waals surface area contributed by atoms with E-state index in [4.69, 9.17) is 4.74 Å². The van der Waals surface area contributed by atoms with Crippen LogP contribution in [-0.2, 0) is 4.79 Å². The van der Waals surface area contributed by atoms with Crippen LogP contribution in [0.25, 0.3) is 5.69 Å². The van der Waals surface area contributed by atoms with Crippen LogP contribution in [0.5, 0.6) is 5.75 Å². The lowest BCUT2D eigenvalue weighted by atomic mass is 10.1. The van der Waals surface area contributed by atoms with Gasteiger partial charge in [-0.05, 0) is 31.4 Å². The highest BCUT2D eigenvalue weighted by atomic mass is 32.2. The molecule has 0 atom stereocenters. The molecule has 122 valence electrons. The quantitative estimate of drug-likeness (QED) is 0.787. The van der Waals surface area contributed by atoms with Crippen molar-refractivity contribution < 1.29 is 9.53 Å². The van der Waals surface area contributed by atoms with Crippen molar-refractivity contribution in [1.29, 1.82) is 0 Å². The van der Waals surface area contributed by atoms with Gasteiger partial charge in [-0.15, -0.1) is 10.2 Å². The number of methoxy groups -OCH3 is 1. The molecule has 0 unspecified atom stereocenters. The molecule has 1 aliphatic heterocycles. The summed E-state index contributed by atoms with van der Waals surface area (Å²) < 4.78 is 7.12. The van der Waals surface area contributed by atoms with Crippen LogP contribution >= 0.6 is 11.8 Å². The molecule has 0 aliphatic carbocycles. The predicted molar refractivity (Wildman–Crippen MR) is 89.1 cm³/mol. The number of likely N-dealkylation sites (tertiary alicyclic amines) is 1. The summed E-state index contributed by atoms with van der Waals surface area (Å²) >= 11 is 1.42. The van der Waals surface area contributed by atoms with Crippen molar-refractivity contribution >= 4 is 17.7 Å². The molecule has 0 radical (unpaired) electrons. The van der Waals surface area contributed by atoms with E-state index >= 15 is 0 Å². The molecule has 2 aromatic rings. The molecular formula is C16H20N4O2S. The summed E-state index contributed by atoms with van der Waals surface area (Å²) in [5, 5.41) is 8.81. The number of benzene rings is 1. The van der Waals surface area contributed by atoms with Gasteiger partial charge in [-0.1, -0.05) is 17.8 Å². The van der Waals surface area contributed by atoms with Gasteiger partial charge in [0, 0.05) is 19.2 Å². The van der Waals surface area contributed by atoms with Crippen LogP contribution in [0.1, 0.15) is 19.3 Å². The Hall–Kier alpha value is -2.02. The number of rotatable bonds is 5. The van der Waals surface area contributed by atoms with Crippen LogP contribution in [0.3, 0.4) is 0 Å². The van der Waals surface area contributed by atoms with E-state index in [2.05, 4.69) is 10.2 Å². The first-order valence-corrected chi connectivity index (χ1v) is 8.71. The number of nitrogens with zero attached hydrogens (tertiary/aromatic N) is 4. The molecule has 1 fully saturated rings. The number of carbonyl (C=O) groups is 1. The molecule has 1 aromatic carbocycles. The second-order valence-corrected chi connectivity index (χ2v) is 6.36. The van der Waals surface area contributed by atoms with E-state index in [1.54, 1.807) is 13.4 Å². The fraction of sp³-hybridized carbons (Fsp3) is 0.438. The van der Waals surface area contributed by atoms with Gasteiger partial charge in [0.1, 0.15) is 12.1 Å². The van der Waals surface area contributed by atoms with E-state index in [1.165, 1.54) is 18.2 Å². The van der Waals surface area contributed by atoms with Gasteiger partial charge in [-0.2, -0.15) is 0 Å². The van der Waals surface area contributed by atoms with E-state index in [1.807, 2.05) is 33.7 Å². The van der Waals surface area contributed by atoms with Crippen LogP contribution in [0.2, 0.25) is 0 Å².